The maximum absolute atomic E-state index is 14.1. The first-order chi connectivity index (χ1) is 19.5. The fraction of sp³-hybridized carbons (Fsp3) is 0.355. The molecule has 0 heterocycles. The van der Waals surface area contributed by atoms with E-state index in [-0.39, 0.29) is 23.4 Å². The first-order valence-corrected chi connectivity index (χ1v) is 15.8. The van der Waals surface area contributed by atoms with Crippen LogP contribution in [0.1, 0.15) is 44.7 Å². The molecule has 1 N–H and O–H groups in total. The molecular weight excluding hydrogens is 606 g/mol. The van der Waals surface area contributed by atoms with Gasteiger partial charge in [-0.15, -0.1) is 0 Å². The fourth-order valence-corrected chi connectivity index (χ4v) is 6.08. The number of halogens is 1. The van der Waals surface area contributed by atoms with Crippen molar-refractivity contribution in [3.05, 3.63) is 88.4 Å². The summed E-state index contributed by atoms with van der Waals surface area (Å²) in [7, 11) is -2.55. The Morgan fingerprint density at radius 3 is 2.20 bits per heavy atom. The lowest BCUT2D eigenvalue weighted by molar-refractivity contribution is -0.140. The Hall–Kier alpha value is -3.37. The topological polar surface area (TPSA) is 96.0 Å². The second-order valence-electron chi connectivity index (χ2n) is 9.92. The Labute approximate surface area is 251 Å². The minimum Gasteiger partial charge on any atom is -0.497 e. The molecule has 2 atom stereocenters. The van der Waals surface area contributed by atoms with Gasteiger partial charge in [-0.05, 0) is 74.7 Å². The summed E-state index contributed by atoms with van der Waals surface area (Å²) in [5.74, 6) is -0.111. The van der Waals surface area contributed by atoms with Gasteiger partial charge in [0.1, 0.15) is 18.3 Å². The molecule has 8 nitrogen and oxygen atoms in total. The van der Waals surface area contributed by atoms with Crippen LogP contribution in [-0.4, -0.2) is 50.9 Å². The highest BCUT2D eigenvalue weighted by Gasteiger charge is 2.34. The smallest absolute Gasteiger partial charge is 0.264 e. The predicted octanol–water partition coefficient (Wildman–Crippen LogP) is 5.68. The maximum atomic E-state index is 14.1. The molecule has 0 aliphatic heterocycles. The highest BCUT2D eigenvalue weighted by Crippen LogP contribution is 2.27. The molecule has 10 heteroatoms. The molecule has 2 amide bonds. The number of methoxy groups -OCH3 is 1. The van der Waals surface area contributed by atoms with Crippen LogP contribution in [-0.2, 0) is 26.2 Å². The van der Waals surface area contributed by atoms with E-state index in [2.05, 4.69) is 21.2 Å². The van der Waals surface area contributed by atoms with E-state index < -0.39 is 28.5 Å². The highest BCUT2D eigenvalue weighted by molar-refractivity contribution is 9.10. The minimum absolute atomic E-state index is 0.0686. The second kappa shape index (κ2) is 14.5. The largest absolute Gasteiger partial charge is 0.497 e. The van der Waals surface area contributed by atoms with Crippen molar-refractivity contribution < 1.29 is 22.7 Å². The Bertz CT molecular complexity index is 1430. The molecule has 0 aromatic heterocycles. The number of hydrogen-bond donors (Lipinski definition) is 1. The first kappa shape index (κ1) is 32.1. The number of carbonyl (C=O) groups excluding carboxylic acids is 2. The van der Waals surface area contributed by atoms with Crippen LogP contribution in [0.2, 0.25) is 0 Å². The zero-order chi connectivity index (χ0) is 30.2. The molecule has 220 valence electrons. The number of amides is 2. The molecule has 41 heavy (non-hydrogen) atoms. The first-order valence-electron chi connectivity index (χ1n) is 13.6. The summed E-state index contributed by atoms with van der Waals surface area (Å²) in [4.78, 5) is 29.0. The molecule has 0 spiro atoms. The Morgan fingerprint density at radius 1 is 0.976 bits per heavy atom. The average Bonchev–Trinajstić information content (AvgIpc) is 2.96. The van der Waals surface area contributed by atoms with E-state index in [9.17, 15) is 18.0 Å². The van der Waals surface area contributed by atoms with Crippen molar-refractivity contribution in [1.82, 2.24) is 10.2 Å². The number of carbonyl (C=O) groups is 2. The molecule has 3 aromatic rings. The van der Waals surface area contributed by atoms with Gasteiger partial charge in [0.15, 0.2) is 0 Å². The van der Waals surface area contributed by atoms with Crippen LogP contribution in [0.3, 0.4) is 0 Å². The lowest BCUT2D eigenvalue weighted by Gasteiger charge is -2.33. The number of benzene rings is 3. The number of hydrogen-bond acceptors (Lipinski definition) is 5. The van der Waals surface area contributed by atoms with Crippen molar-refractivity contribution in [2.24, 2.45) is 0 Å². The van der Waals surface area contributed by atoms with Gasteiger partial charge in [0.05, 0.1) is 17.7 Å². The van der Waals surface area contributed by atoms with Crippen LogP contribution in [0.25, 0.3) is 0 Å². The van der Waals surface area contributed by atoms with E-state index in [1.165, 1.54) is 17.0 Å². The van der Waals surface area contributed by atoms with E-state index in [1.807, 2.05) is 39.8 Å². The molecular formula is C31H38BrN3O5S. The molecule has 0 fully saturated rings. The quantitative estimate of drug-likeness (QED) is 0.258. The summed E-state index contributed by atoms with van der Waals surface area (Å²) in [5, 5.41) is 2.98. The highest BCUT2D eigenvalue weighted by atomic mass is 79.9. The Kier molecular flexibility index (Phi) is 11.4. The number of aryl methyl sites for hydroxylation is 1. The Balaban J connectivity index is 2.05. The van der Waals surface area contributed by atoms with Gasteiger partial charge < -0.3 is 15.0 Å². The van der Waals surface area contributed by atoms with Crippen molar-refractivity contribution in [2.45, 2.75) is 64.1 Å². The third-order valence-electron chi connectivity index (χ3n) is 6.88. The normalized spacial score (nSPS) is 12.7. The molecule has 0 saturated heterocycles. The summed E-state index contributed by atoms with van der Waals surface area (Å²) >= 11 is 3.42. The summed E-state index contributed by atoms with van der Waals surface area (Å²) < 4.78 is 34.9. The predicted molar refractivity (Wildman–Crippen MR) is 165 cm³/mol. The van der Waals surface area contributed by atoms with Gasteiger partial charge in [-0.3, -0.25) is 13.9 Å². The number of ether oxygens (including phenoxy) is 1. The molecule has 3 rings (SSSR count). The van der Waals surface area contributed by atoms with E-state index in [0.717, 1.165) is 21.9 Å². The molecule has 3 aromatic carbocycles. The van der Waals surface area contributed by atoms with Gasteiger partial charge in [-0.2, -0.15) is 0 Å². The van der Waals surface area contributed by atoms with Crippen LogP contribution in [0.5, 0.6) is 5.75 Å². The van der Waals surface area contributed by atoms with Crippen molar-refractivity contribution in [2.75, 3.05) is 18.0 Å². The second-order valence-corrected chi connectivity index (χ2v) is 12.7. The SMILES string of the molecule is CCC(C)NC(=O)C(CC)N(Cc1ccc(OC)cc1)C(=O)CN(c1cccc(Br)c1)S(=O)(=O)c1ccc(C)cc1. The summed E-state index contributed by atoms with van der Waals surface area (Å²) in [6, 6.07) is 19.6. The van der Waals surface area contributed by atoms with Crippen molar-refractivity contribution in [1.29, 1.82) is 0 Å². The van der Waals surface area contributed by atoms with Gasteiger partial charge >= 0.3 is 0 Å². The lowest BCUT2D eigenvalue weighted by atomic mass is 10.1. The maximum Gasteiger partial charge on any atom is 0.264 e. The van der Waals surface area contributed by atoms with Crippen molar-refractivity contribution in [3.63, 3.8) is 0 Å². The Morgan fingerprint density at radius 2 is 1.63 bits per heavy atom. The van der Waals surface area contributed by atoms with Crippen LogP contribution in [0.4, 0.5) is 5.69 Å². The van der Waals surface area contributed by atoms with Crippen LogP contribution >= 0.6 is 15.9 Å². The zero-order valence-corrected chi connectivity index (χ0v) is 26.5. The molecule has 0 aliphatic rings. The lowest BCUT2D eigenvalue weighted by Crippen LogP contribution is -2.53. The van der Waals surface area contributed by atoms with Gasteiger partial charge in [-0.25, -0.2) is 8.42 Å². The van der Waals surface area contributed by atoms with Crippen LogP contribution < -0.4 is 14.4 Å². The van der Waals surface area contributed by atoms with Crippen molar-refractivity contribution >= 4 is 43.5 Å². The number of rotatable bonds is 13. The standard InChI is InChI=1S/C31H38BrN3O5S/c1-6-23(4)33-31(37)29(7-2)34(20-24-13-15-27(40-5)16-14-24)30(36)21-35(26-10-8-9-25(32)19-26)41(38,39)28-17-11-22(3)12-18-28/h8-19,23,29H,6-7,20-21H2,1-5H3,(H,33,37). The van der Waals surface area contributed by atoms with Crippen LogP contribution in [0.15, 0.2) is 82.2 Å². The van der Waals surface area contributed by atoms with Gasteiger partial charge in [-0.1, -0.05) is 65.7 Å². The third kappa shape index (κ3) is 8.33. The average molecular weight is 645 g/mol. The summed E-state index contributed by atoms with van der Waals surface area (Å²) in [6.45, 7) is 7.21. The summed E-state index contributed by atoms with van der Waals surface area (Å²) in [5.41, 5.74) is 2.02. The van der Waals surface area contributed by atoms with Gasteiger partial charge in [0.25, 0.3) is 10.0 Å². The number of sulfonamides is 1. The van der Waals surface area contributed by atoms with E-state index >= 15 is 0 Å². The zero-order valence-electron chi connectivity index (χ0n) is 24.1. The molecule has 0 saturated carbocycles. The van der Waals surface area contributed by atoms with E-state index in [4.69, 9.17) is 4.74 Å². The molecule has 0 aliphatic carbocycles. The molecule has 2 unspecified atom stereocenters. The molecule has 0 radical (unpaired) electrons. The number of nitrogens with zero attached hydrogens (tertiary/aromatic N) is 2. The number of nitrogens with one attached hydrogen (secondary N) is 1. The molecule has 0 bridgehead atoms. The van der Waals surface area contributed by atoms with E-state index in [1.54, 1.807) is 55.6 Å². The summed E-state index contributed by atoms with van der Waals surface area (Å²) in [6.07, 6.45) is 1.09. The van der Waals surface area contributed by atoms with Gasteiger partial charge in [0, 0.05) is 17.1 Å². The monoisotopic (exact) mass is 643 g/mol. The number of anilines is 1. The fourth-order valence-electron chi connectivity index (χ4n) is 4.29. The van der Waals surface area contributed by atoms with E-state index in [0.29, 0.717) is 22.3 Å². The van der Waals surface area contributed by atoms with Gasteiger partial charge in [0.2, 0.25) is 11.8 Å². The van der Waals surface area contributed by atoms with Crippen molar-refractivity contribution in [3.8, 4) is 5.75 Å². The third-order valence-corrected chi connectivity index (χ3v) is 9.16. The minimum atomic E-state index is -4.13. The van der Waals surface area contributed by atoms with Crippen LogP contribution in [0, 0.1) is 6.92 Å².